The number of aryl methyl sites for hydroxylation is 1. The number of guanidine groups is 1. The number of hydrogen-bond donors (Lipinski definition) is 2. The fraction of sp³-hybridized carbons (Fsp3) is 0.708. The third-order valence-electron chi connectivity index (χ3n) is 7.41. The van der Waals surface area contributed by atoms with Gasteiger partial charge in [-0.3, -0.25) is 9.89 Å². The van der Waals surface area contributed by atoms with E-state index in [2.05, 4.69) is 65.6 Å². The smallest absolute Gasteiger partial charge is 0.191 e. The first-order valence-electron chi connectivity index (χ1n) is 11.3. The molecule has 3 fully saturated rings. The van der Waals surface area contributed by atoms with Gasteiger partial charge in [-0.05, 0) is 50.8 Å². The average molecular weight is 399 g/mol. The van der Waals surface area contributed by atoms with Crippen LogP contribution in [0.4, 0.5) is 0 Å². The topological polar surface area (TPSA) is 48.9 Å². The standard InChI is InChI=1S/C24H38N4O/c1-17-5-7-19(8-6-17)16-28-12-9-18(10-13-28)15-26-23(25-4)27-21-20-11-14-29-22(20)24(21,2)3/h5-8,18,20-22H,9-16H2,1-4H3,(H2,25,26,27). The maximum absolute atomic E-state index is 5.92. The van der Waals surface area contributed by atoms with Gasteiger partial charge >= 0.3 is 0 Å². The van der Waals surface area contributed by atoms with E-state index < -0.39 is 0 Å². The lowest BCUT2D eigenvalue weighted by Crippen LogP contribution is -2.68. The number of ether oxygens (including phenoxy) is 1. The van der Waals surface area contributed by atoms with E-state index in [4.69, 9.17) is 4.74 Å². The molecule has 0 aromatic heterocycles. The summed E-state index contributed by atoms with van der Waals surface area (Å²) in [6.07, 6.45) is 4.09. The predicted octanol–water partition coefficient (Wildman–Crippen LogP) is 3.19. The van der Waals surface area contributed by atoms with Gasteiger partial charge in [0, 0.05) is 44.1 Å². The Bertz CT molecular complexity index is 706. The molecule has 0 amide bonds. The summed E-state index contributed by atoms with van der Waals surface area (Å²) in [5, 5.41) is 7.31. The summed E-state index contributed by atoms with van der Waals surface area (Å²) in [4.78, 5) is 7.08. The van der Waals surface area contributed by atoms with E-state index in [1.165, 1.54) is 43.5 Å². The number of aliphatic imine (C=N–C) groups is 1. The summed E-state index contributed by atoms with van der Waals surface area (Å²) in [7, 11) is 1.88. The summed E-state index contributed by atoms with van der Waals surface area (Å²) < 4.78 is 5.92. The van der Waals surface area contributed by atoms with Crippen molar-refractivity contribution in [3.8, 4) is 0 Å². The van der Waals surface area contributed by atoms with Gasteiger partial charge in [-0.2, -0.15) is 0 Å². The van der Waals surface area contributed by atoms with Gasteiger partial charge in [0.1, 0.15) is 0 Å². The lowest BCUT2D eigenvalue weighted by Gasteiger charge is -2.55. The molecule has 1 aliphatic carbocycles. The molecule has 3 aliphatic rings. The highest BCUT2D eigenvalue weighted by atomic mass is 16.5. The number of nitrogens with zero attached hydrogens (tertiary/aromatic N) is 2. The summed E-state index contributed by atoms with van der Waals surface area (Å²) in [6, 6.07) is 9.42. The third kappa shape index (κ3) is 4.46. The number of likely N-dealkylation sites (tertiary alicyclic amines) is 1. The number of hydrogen-bond acceptors (Lipinski definition) is 3. The molecule has 4 rings (SSSR count). The molecule has 0 bridgehead atoms. The van der Waals surface area contributed by atoms with Crippen molar-refractivity contribution in [2.75, 3.05) is 33.3 Å². The monoisotopic (exact) mass is 398 g/mol. The van der Waals surface area contributed by atoms with Crippen molar-refractivity contribution in [3.05, 3.63) is 35.4 Å². The molecule has 2 saturated heterocycles. The number of rotatable bonds is 5. The molecular weight excluding hydrogens is 360 g/mol. The van der Waals surface area contributed by atoms with Gasteiger partial charge < -0.3 is 15.4 Å². The summed E-state index contributed by atoms with van der Waals surface area (Å²) >= 11 is 0. The minimum atomic E-state index is 0.181. The Labute approximate surface area is 176 Å². The lowest BCUT2D eigenvalue weighted by atomic mass is 9.57. The van der Waals surface area contributed by atoms with E-state index in [1.54, 1.807) is 0 Å². The minimum absolute atomic E-state index is 0.181. The predicted molar refractivity (Wildman–Crippen MR) is 119 cm³/mol. The van der Waals surface area contributed by atoms with Crippen molar-refractivity contribution in [1.29, 1.82) is 0 Å². The van der Waals surface area contributed by atoms with Crippen LogP contribution in [0.3, 0.4) is 0 Å². The molecule has 2 N–H and O–H groups in total. The molecule has 5 heteroatoms. The van der Waals surface area contributed by atoms with Crippen LogP contribution in [-0.4, -0.2) is 56.3 Å². The number of fused-ring (bicyclic) bond motifs is 1. The molecule has 1 aromatic rings. The highest BCUT2D eigenvalue weighted by Crippen LogP contribution is 2.52. The molecule has 1 aromatic carbocycles. The normalized spacial score (nSPS) is 29.9. The van der Waals surface area contributed by atoms with Crippen molar-refractivity contribution in [1.82, 2.24) is 15.5 Å². The Kier molecular flexibility index (Phi) is 6.16. The first-order valence-corrected chi connectivity index (χ1v) is 11.3. The maximum Gasteiger partial charge on any atom is 0.191 e. The molecule has 0 radical (unpaired) electrons. The van der Waals surface area contributed by atoms with Crippen LogP contribution in [-0.2, 0) is 11.3 Å². The van der Waals surface area contributed by atoms with E-state index in [1.807, 2.05) is 7.05 Å². The number of nitrogens with one attached hydrogen (secondary N) is 2. The zero-order valence-electron chi connectivity index (χ0n) is 18.6. The van der Waals surface area contributed by atoms with E-state index in [9.17, 15) is 0 Å². The molecule has 3 unspecified atom stereocenters. The molecule has 5 nitrogen and oxygen atoms in total. The third-order valence-corrected chi connectivity index (χ3v) is 7.41. The van der Waals surface area contributed by atoms with Crippen molar-refractivity contribution in [3.63, 3.8) is 0 Å². The van der Waals surface area contributed by atoms with Gasteiger partial charge in [0.2, 0.25) is 0 Å². The first-order chi connectivity index (χ1) is 14.0. The largest absolute Gasteiger partial charge is 0.377 e. The number of piperidine rings is 1. The molecular formula is C24H38N4O. The van der Waals surface area contributed by atoms with Crippen molar-refractivity contribution < 1.29 is 4.74 Å². The van der Waals surface area contributed by atoms with Crippen LogP contribution in [0, 0.1) is 24.2 Å². The van der Waals surface area contributed by atoms with Crippen LogP contribution in [0.5, 0.6) is 0 Å². The van der Waals surface area contributed by atoms with Gasteiger partial charge in [-0.25, -0.2) is 0 Å². The second kappa shape index (κ2) is 8.65. The van der Waals surface area contributed by atoms with Crippen LogP contribution in [0.15, 0.2) is 29.3 Å². The first kappa shape index (κ1) is 20.7. The van der Waals surface area contributed by atoms with Gasteiger partial charge in [-0.1, -0.05) is 43.7 Å². The minimum Gasteiger partial charge on any atom is -0.377 e. The molecule has 29 heavy (non-hydrogen) atoms. The van der Waals surface area contributed by atoms with Gasteiger partial charge in [-0.15, -0.1) is 0 Å². The second-order valence-electron chi connectivity index (χ2n) is 9.85. The highest BCUT2D eigenvalue weighted by Gasteiger charge is 2.59. The summed E-state index contributed by atoms with van der Waals surface area (Å²) in [5.41, 5.74) is 2.94. The zero-order chi connectivity index (χ0) is 20.4. The lowest BCUT2D eigenvalue weighted by molar-refractivity contribution is -0.106. The summed E-state index contributed by atoms with van der Waals surface area (Å²) in [6.45, 7) is 12.1. The van der Waals surface area contributed by atoms with Crippen molar-refractivity contribution >= 4 is 5.96 Å². The Morgan fingerprint density at radius 3 is 2.59 bits per heavy atom. The second-order valence-corrected chi connectivity index (χ2v) is 9.85. The van der Waals surface area contributed by atoms with Gasteiger partial charge in [0.25, 0.3) is 0 Å². The van der Waals surface area contributed by atoms with Gasteiger partial charge in [0.05, 0.1) is 6.10 Å². The summed E-state index contributed by atoms with van der Waals surface area (Å²) in [5.74, 6) is 2.31. The van der Waals surface area contributed by atoms with Crippen LogP contribution in [0.1, 0.15) is 44.2 Å². The zero-order valence-corrected chi connectivity index (χ0v) is 18.6. The number of benzene rings is 1. The fourth-order valence-corrected chi connectivity index (χ4v) is 5.50. The van der Waals surface area contributed by atoms with E-state index in [0.29, 0.717) is 18.1 Å². The van der Waals surface area contributed by atoms with Crippen LogP contribution < -0.4 is 10.6 Å². The van der Waals surface area contributed by atoms with Crippen LogP contribution in [0.25, 0.3) is 0 Å². The van der Waals surface area contributed by atoms with Gasteiger partial charge in [0.15, 0.2) is 5.96 Å². The average Bonchev–Trinajstić information content (AvgIpc) is 3.18. The Morgan fingerprint density at radius 2 is 1.90 bits per heavy atom. The molecule has 1 saturated carbocycles. The van der Waals surface area contributed by atoms with Crippen LogP contribution >= 0.6 is 0 Å². The van der Waals surface area contributed by atoms with Crippen molar-refractivity contribution in [2.24, 2.45) is 22.2 Å². The molecule has 160 valence electrons. The van der Waals surface area contributed by atoms with E-state index in [0.717, 1.165) is 31.6 Å². The highest BCUT2D eigenvalue weighted by molar-refractivity contribution is 5.80. The maximum atomic E-state index is 5.92. The molecule has 2 aliphatic heterocycles. The van der Waals surface area contributed by atoms with E-state index >= 15 is 0 Å². The Hall–Kier alpha value is -1.59. The molecule has 3 atom stereocenters. The molecule has 0 spiro atoms. The Balaban J connectivity index is 1.20. The van der Waals surface area contributed by atoms with Crippen LogP contribution in [0.2, 0.25) is 0 Å². The Morgan fingerprint density at radius 1 is 1.17 bits per heavy atom. The fourth-order valence-electron chi connectivity index (χ4n) is 5.50. The van der Waals surface area contributed by atoms with Crippen molar-refractivity contribution in [2.45, 2.75) is 58.7 Å². The molecule has 2 heterocycles. The quantitative estimate of drug-likeness (QED) is 0.591. The van der Waals surface area contributed by atoms with E-state index in [-0.39, 0.29) is 5.41 Å². The SMILES string of the molecule is CN=C(NCC1CCN(Cc2ccc(C)cc2)CC1)NC1C2CCOC2C1(C)C.